The Hall–Kier alpha value is -4.51. The van der Waals surface area contributed by atoms with Gasteiger partial charge in [-0.3, -0.25) is 14.8 Å². The molecule has 0 aliphatic heterocycles. The molecule has 9 nitrogen and oxygen atoms in total. The molecule has 0 aliphatic carbocycles. The van der Waals surface area contributed by atoms with Gasteiger partial charge in [0.25, 0.3) is 5.91 Å². The lowest BCUT2D eigenvalue weighted by Gasteiger charge is -2.15. The number of pyridine rings is 2. The van der Waals surface area contributed by atoms with E-state index in [1.165, 1.54) is 50.0 Å². The number of hydrogen-bond donors (Lipinski definition) is 2. The molecule has 0 radical (unpaired) electrons. The number of amides is 1. The van der Waals surface area contributed by atoms with Crippen molar-refractivity contribution in [3.63, 3.8) is 0 Å². The van der Waals surface area contributed by atoms with Gasteiger partial charge in [-0.15, -0.1) is 0 Å². The molecule has 2 heterocycles. The zero-order chi connectivity index (χ0) is 27.8. The Bertz CT molecular complexity index is 1470. The van der Waals surface area contributed by atoms with Gasteiger partial charge in [0.2, 0.25) is 5.82 Å². The Balaban J connectivity index is 1.57. The largest absolute Gasteiger partial charge is 0.493 e. The summed E-state index contributed by atoms with van der Waals surface area (Å²) in [5, 5.41) is 5.92. The molecule has 0 unspecified atom stereocenters. The summed E-state index contributed by atoms with van der Waals surface area (Å²) in [6.07, 6.45) is 5.03. The predicted octanol–water partition coefficient (Wildman–Crippen LogP) is 5.35. The van der Waals surface area contributed by atoms with E-state index in [1.54, 1.807) is 19.1 Å². The number of benzene rings is 2. The number of carbonyl (C=O) groups is 1. The van der Waals surface area contributed by atoms with Crippen molar-refractivity contribution in [2.24, 2.45) is 0 Å². The molecule has 0 aliphatic rings. The first-order valence-electron chi connectivity index (χ1n) is 12.2. The summed E-state index contributed by atoms with van der Waals surface area (Å²) >= 11 is 0. The maximum absolute atomic E-state index is 15.1. The number of anilines is 1. The van der Waals surface area contributed by atoms with Gasteiger partial charge in [-0.05, 0) is 57.3 Å². The van der Waals surface area contributed by atoms with Gasteiger partial charge in [-0.2, -0.15) is 4.39 Å². The molecule has 2 aromatic heterocycles. The van der Waals surface area contributed by atoms with Gasteiger partial charge in [0.05, 0.1) is 37.1 Å². The molecule has 0 saturated carbocycles. The molecular formula is C28H28F2N4O5. The van der Waals surface area contributed by atoms with Crippen LogP contribution in [0, 0.1) is 11.6 Å². The molecular weight excluding hydrogens is 510 g/mol. The Morgan fingerprint density at radius 3 is 2.54 bits per heavy atom. The van der Waals surface area contributed by atoms with Crippen LogP contribution >= 0.6 is 0 Å². The van der Waals surface area contributed by atoms with Gasteiger partial charge in [-0.25, -0.2) is 4.39 Å². The second-order valence-corrected chi connectivity index (χ2v) is 8.24. The van der Waals surface area contributed by atoms with E-state index in [1.807, 2.05) is 7.05 Å². The SMILES string of the molecule is CCOc1ccncc1C(=O)Nc1ccc(Oc2ccnc3cc(OCCCNC)c(OC)cc23)c(F)c1F. The van der Waals surface area contributed by atoms with E-state index in [-0.39, 0.29) is 28.5 Å². The third kappa shape index (κ3) is 6.32. The summed E-state index contributed by atoms with van der Waals surface area (Å²) in [5.41, 5.74) is 0.239. The van der Waals surface area contributed by atoms with Gasteiger partial charge in [0.15, 0.2) is 23.1 Å². The molecule has 204 valence electrons. The van der Waals surface area contributed by atoms with Crippen molar-refractivity contribution < 1.29 is 32.5 Å². The van der Waals surface area contributed by atoms with Crippen molar-refractivity contribution in [1.29, 1.82) is 0 Å². The van der Waals surface area contributed by atoms with Crippen molar-refractivity contribution >= 4 is 22.5 Å². The summed E-state index contributed by atoms with van der Waals surface area (Å²) in [6, 6.07) is 8.84. The average Bonchev–Trinajstić information content (AvgIpc) is 2.95. The standard InChI is InChI=1S/C28H28F2N4O5/c1-4-37-21-8-11-32-16-18(21)28(35)34-19-6-7-23(27(30)26(19)29)39-22-9-12-33-20-15-25(38-13-5-10-31-2)24(36-3)14-17(20)22/h6-9,11-12,14-16,31H,4-5,10,13H2,1-3H3,(H,34,35). The van der Waals surface area contributed by atoms with Crippen LogP contribution in [0.1, 0.15) is 23.7 Å². The van der Waals surface area contributed by atoms with E-state index in [0.29, 0.717) is 35.6 Å². The van der Waals surface area contributed by atoms with Crippen LogP contribution in [0.2, 0.25) is 0 Å². The molecule has 2 aromatic carbocycles. The maximum atomic E-state index is 15.1. The quantitative estimate of drug-likeness (QED) is 0.233. The molecule has 4 aromatic rings. The monoisotopic (exact) mass is 538 g/mol. The molecule has 0 saturated heterocycles. The van der Waals surface area contributed by atoms with Crippen molar-refractivity contribution in [2.75, 3.05) is 39.2 Å². The number of ether oxygens (including phenoxy) is 4. The van der Waals surface area contributed by atoms with Gasteiger partial charge < -0.3 is 29.6 Å². The highest BCUT2D eigenvalue weighted by atomic mass is 19.2. The number of methoxy groups -OCH3 is 1. The normalized spacial score (nSPS) is 10.8. The smallest absolute Gasteiger partial charge is 0.261 e. The third-order valence-corrected chi connectivity index (χ3v) is 5.66. The van der Waals surface area contributed by atoms with E-state index < -0.39 is 17.5 Å². The Morgan fingerprint density at radius 1 is 0.949 bits per heavy atom. The van der Waals surface area contributed by atoms with E-state index in [4.69, 9.17) is 18.9 Å². The van der Waals surface area contributed by atoms with Gasteiger partial charge in [0, 0.05) is 30.0 Å². The summed E-state index contributed by atoms with van der Waals surface area (Å²) in [7, 11) is 3.37. The number of aromatic nitrogens is 2. The molecule has 0 atom stereocenters. The third-order valence-electron chi connectivity index (χ3n) is 5.66. The number of fused-ring (bicyclic) bond motifs is 1. The first kappa shape index (κ1) is 27.5. The van der Waals surface area contributed by atoms with E-state index >= 15 is 4.39 Å². The first-order valence-corrected chi connectivity index (χ1v) is 12.2. The molecule has 0 spiro atoms. The minimum absolute atomic E-state index is 0.0852. The number of hydrogen-bond acceptors (Lipinski definition) is 8. The van der Waals surface area contributed by atoms with Crippen LogP contribution in [-0.2, 0) is 0 Å². The fraction of sp³-hybridized carbons (Fsp3) is 0.250. The van der Waals surface area contributed by atoms with E-state index in [9.17, 15) is 9.18 Å². The van der Waals surface area contributed by atoms with Crippen LogP contribution in [0.25, 0.3) is 10.9 Å². The van der Waals surface area contributed by atoms with Gasteiger partial charge in [0.1, 0.15) is 11.5 Å². The fourth-order valence-corrected chi connectivity index (χ4v) is 3.77. The number of carbonyl (C=O) groups excluding carboxylic acids is 1. The van der Waals surface area contributed by atoms with Crippen molar-refractivity contribution in [1.82, 2.24) is 15.3 Å². The first-order chi connectivity index (χ1) is 19.0. The fourth-order valence-electron chi connectivity index (χ4n) is 3.77. The Morgan fingerprint density at radius 2 is 1.77 bits per heavy atom. The lowest BCUT2D eigenvalue weighted by Crippen LogP contribution is -2.15. The average molecular weight is 539 g/mol. The van der Waals surface area contributed by atoms with Crippen LogP contribution < -0.4 is 29.6 Å². The highest BCUT2D eigenvalue weighted by molar-refractivity contribution is 6.06. The van der Waals surface area contributed by atoms with Crippen molar-refractivity contribution in [3.05, 3.63) is 72.2 Å². The van der Waals surface area contributed by atoms with Crippen LogP contribution in [0.5, 0.6) is 28.7 Å². The zero-order valence-corrected chi connectivity index (χ0v) is 21.7. The minimum atomic E-state index is -1.28. The molecule has 1 amide bonds. The summed E-state index contributed by atoms with van der Waals surface area (Å²) in [5.74, 6) is -2.18. The van der Waals surface area contributed by atoms with Gasteiger partial charge >= 0.3 is 0 Å². The van der Waals surface area contributed by atoms with Crippen LogP contribution in [-0.4, -0.2) is 49.8 Å². The highest BCUT2D eigenvalue weighted by Gasteiger charge is 2.20. The number of nitrogens with zero attached hydrogens (tertiary/aromatic N) is 2. The second-order valence-electron chi connectivity index (χ2n) is 8.24. The molecule has 2 N–H and O–H groups in total. The molecule has 0 bridgehead atoms. The van der Waals surface area contributed by atoms with Crippen LogP contribution in [0.15, 0.2) is 55.0 Å². The van der Waals surface area contributed by atoms with E-state index in [2.05, 4.69) is 20.6 Å². The summed E-state index contributed by atoms with van der Waals surface area (Å²) in [4.78, 5) is 20.9. The number of halogens is 2. The predicted molar refractivity (Wildman–Crippen MR) is 142 cm³/mol. The summed E-state index contributed by atoms with van der Waals surface area (Å²) in [6.45, 7) is 3.35. The lowest BCUT2D eigenvalue weighted by molar-refractivity contribution is 0.102. The van der Waals surface area contributed by atoms with E-state index in [0.717, 1.165) is 13.0 Å². The zero-order valence-electron chi connectivity index (χ0n) is 21.7. The maximum Gasteiger partial charge on any atom is 0.261 e. The summed E-state index contributed by atoms with van der Waals surface area (Å²) < 4.78 is 52.5. The Kier molecular flexibility index (Phi) is 9.06. The van der Waals surface area contributed by atoms with Crippen LogP contribution in [0.3, 0.4) is 0 Å². The van der Waals surface area contributed by atoms with Crippen molar-refractivity contribution in [3.8, 4) is 28.7 Å². The van der Waals surface area contributed by atoms with Crippen LogP contribution in [0.4, 0.5) is 14.5 Å². The molecule has 0 fully saturated rings. The Labute approximate surface area is 224 Å². The topological polar surface area (TPSA) is 104 Å². The molecule has 39 heavy (non-hydrogen) atoms. The number of rotatable bonds is 12. The lowest BCUT2D eigenvalue weighted by atomic mass is 10.1. The molecule has 4 rings (SSSR count). The number of nitrogens with one attached hydrogen (secondary N) is 2. The second kappa shape index (κ2) is 12.8. The minimum Gasteiger partial charge on any atom is -0.493 e. The van der Waals surface area contributed by atoms with Crippen molar-refractivity contribution in [2.45, 2.75) is 13.3 Å². The molecule has 11 heteroatoms. The van der Waals surface area contributed by atoms with Gasteiger partial charge in [-0.1, -0.05) is 0 Å². The highest BCUT2D eigenvalue weighted by Crippen LogP contribution is 2.38.